The molecule has 0 spiro atoms. The van der Waals surface area contributed by atoms with Crippen molar-refractivity contribution in [3.8, 4) is 0 Å². The number of aromatic nitrogens is 1. The van der Waals surface area contributed by atoms with Gasteiger partial charge >= 0.3 is 6.18 Å². The molecule has 0 aliphatic carbocycles. The summed E-state index contributed by atoms with van der Waals surface area (Å²) >= 11 is 0.595. The van der Waals surface area contributed by atoms with Crippen molar-refractivity contribution in [2.24, 2.45) is 4.99 Å². The van der Waals surface area contributed by atoms with Crippen LogP contribution in [0.4, 0.5) is 33.9 Å². The highest BCUT2D eigenvalue weighted by atomic mass is 35.5. The average molecular weight is 548 g/mol. The Hall–Kier alpha value is -2.40. The smallest absolute Gasteiger partial charge is 0.352 e. The fraction of sp³-hybridized carbons (Fsp3) is 0.304. The minimum absolute atomic E-state index is 0. The molecule has 1 saturated heterocycles. The van der Waals surface area contributed by atoms with E-state index in [1.807, 2.05) is 23.1 Å². The van der Waals surface area contributed by atoms with Crippen LogP contribution in [0.3, 0.4) is 0 Å². The van der Waals surface area contributed by atoms with Gasteiger partial charge in [-0.3, -0.25) is 0 Å². The summed E-state index contributed by atoms with van der Waals surface area (Å²) in [5, 5.41) is 6.02. The van der Waals surface area contributed by atoms with Gasteiger partial charge in [0.05, 0.1) is 11.4 Å². The summed E-state index contributed by atoms with van der Waals surface area (Å²) in [5.74, 6) is 0.181. The number of halogens is 6. The Bertz CT molecular complexity index is 1180. The number of hydrogen-bond donors (Lipinski definition) is 2. The number of aryl methyl sites for hydroxylation is 1. The van der Waals surface area contributed by atoms with Gasteiger partial charge in [0.15, 0.2) is 5.84 Å². The third-order valence-electron chi connectivity index (χ3n) is 5.71. The Morgan fingerprint density at radius 3 is 2.54 bits per heavy atom. The molecule has 3 aromatic rings. The highest BCUT2D eigenvalue weighted by Gasteiger charge is 2.38. The normalized spacial score (nSPS) is 17.1. The number of piperazine rings is 1. The number of aliphatic imine (C=N–C) groups is 1. The van der Waals surface area contributed by atoms with Crippen LogP contribution in [0.15, 0.2) is 53.5 Å². The number of nitrogens with one attached hydrogen (secondary N) is 2. The van der Waals surface area contributed by atoms with E-state index < -0.39 is 11.2 Å². The molecule has 2 aliphatic heterocycles. The number of anilines is 2. The molecular formula is C23H23Cl2F4N5S. The number of thiazole rings is 1. The van der Waals surface area contributed by atoms with Gasteiger partial charge in [0.2, 0.25) is 5.01 Å². The molecule has 5 nitrogen and oxygen atoms in total. The molecule has 5 rings (SSSR count). The van der Waals surface area contributed by atoms with Crippen LogP contribution in [0.2, 0.25) is 0 Å². The van der Waals surface area contributed by atoms with E-state index in [2.05, 4.69) is 15.6 Å². The first-order chi connectivity index (χ1) is 15.9. The van der Waals surface area contributed by atoms with Crippen molar-refractivity contribution in [2.75, 3.05) is 25.0 Å². The van der Waals surface area contributed by atoms with Crippen LogP contribution in [-0.2, 0) is 12.6 Å². The maximum Gasteiger partial charge on any atom is 0.443 e. The summed E-state index contributed by atoms with van der Waals surface area (Å²) in [5.41, 5.74) is 2.57. The van der Waals surface area contributed by atoms with E-state index in [-0.39, 0.29) is 42.4 Å². The molecule has 3 heterocycles. The second-order valence-corrected chi connectivity index (χ2v) is 9.03. The van der Waals surface area contributed by atoms with Gasteiger partial charge in [0, 0.05) is 25.7 Å². The van der Waals surface area contributed by atoms with Gasteiger partial charge in [-0.25, -0.2) is 14.4 Å². The van der Waals surface area contributed by atoms with Crippen molar-refractivity contribution in [1.82, 2.24) is 15.2 Å². The molecule has 35 heavy (non-hydrogen) atoms. The van der Waals surface area contributed by atoms with Crippen molar-refractivity contribution in [2.45, 2.75) is 25.1 Å². The molecule has 2 N–H and O–H groups in total. The zero-order valence-electron chi connectivity index (χ0n) is 18.3. The van der Waals surface area contributed by atoms with Gasteiger partial charge in [-0.15, -0.1) is 24.8 Å². The average Bonchev–Trinajstić information content (AvgIpc) is 3.16. The topological polar surface area (TPSA) is 52.5 Å². The quantitative estimate of drug-likeness (QED) is 0.384. The van der Waals surface area contributed by atoms with Crippen LogP contribution >= 0.6 is 36.2 Å². The van der Waals surface area contributed by atoms with Crippen LogP contribution in [0.1, 0.15) is 22.7 Å². The van der Waals surface area contributed by atoms with E-state index in [1.165, 1.54) is 12.1 Å². The standard InChI is InChI=1S/C23H21F4N5S.2ClH/c24-15-8-5-14(6-9-15)7-10-16-13-32(12-11-28-16)20-19-21(33-22(31-19)23(25,26)27)30-18-4-2-1-3-17(18)29-20;;/h1-6,8-9,16,28,30H,7,10-13H2;2*1H. The Balaban J connectivity index is 0.00000171. The van der Waals surface area contributed by atoms with Crippen molar-refractivity contribution in [3.05, 3.63) is 70.6 Å². The summed E-state index contributed by atoms with van der Waals surface area (Å²) in [6.45, 7) is 1.86. The summed E-state index contributed by atoms with van der Waals surface area (Å²) in [6, 6.07) is 13.8. The highest BCUT2D eigenvalue weighted by Crippen LogP contribution is 2.42. The number of benzene rings is 2. The van der Waals surface area contributed by atoms with E-state index in [1.54, 1.807) is 18.2 Å². The van der Waals surface area contributed by atoms with E-state index in [4.69, 9.17) is 4.99 Å². The monoisotopic (exact) mass is 547 g/mol. The molecule has 1 atom stereocenters. The van der Waals surface area contributed by atoms with Crippen LogP contribution in [-0.4, -0.2) is 41.4 Å². The zero-order chi connectivity index (χ0) is 23.0. The highest BCUT2D eigenvalue weighted by molar-refractivity contribution is 7.16. The lowest BCUT2D eigenvalue weighted by atomic mass is 10.0. The number of fused-ring (bicyclic) bond motifs is 2. The number of nitrogens with zero attached hydrogens (tertiary/aromatic N) is 3. The van der Waals surface area contributed by atoms with Gasteiger partial charge in [0.1, 0.15) is 16.5 Å². The maximum absolute atomic E-state index is 13.4. The second-order valence-electron chi connectivity index (χ2n) is 8.03. The van der Waals surface area contributed by atoms with Gasteiger partial charge in [-0.2, -0.15) is 13.2 Å². The SMILES string of the molecule is Cl.Cl.Fc1ccc(CCC2CN(C3=Nc4ccccc4Nc4sc(C(F)(F)F)nc43)CCN2)cc1. The van der Waals surface area contributed by atoms with Gasteiger partial charge in [-0.05, 0) is 42.7 Å². The molecule has 0 radical (unpaired) electrons. The molecule has 2 aromatic carbocycles. The lowest BCUT2D eigenvalue weighted by molar-refractivity contribution is -0.137. The molecule has 0 amide bonds. The Morgan fingerprint density at radius 1 is 1.06 bits per heavy atom. The molecular weight excluding hydrogens is 525 g/mol. The molecule has 12 heteroatoms. The Morgan fingerprint density at radius 2 is 1.80 bits per heavy atom. The van der Waals surface area contributed by atoms with Gasteiger partial charge in [-0.1, -0.05) is 35.6 Å². The number of hydrogen-bond acceptors (Lipinski definition) is 6. The molecule has 0 bridgehead atoms. The Kier molecular flexibility index (Phi) is 8.63. The first kappa shape index (κ1) is 27.2. The minimum atomic E-state index is -4.52. The first-order valence-electron chi connectivity index (χ1n) is 10.6. The lowest BCUT2D eigenvalue weighted by Crippen LogP contribution is -2.53. The molecule has 1 fully saturated rings. The van der Waals surface area contributed by atoms with Crippen molar-refractivity contribution in [1.29, 1.82) is 0 Å². The van der Waals surface area contributed by atoms with E-state index >= 15 is 0 Å². The number of amidine groups is 1. The van der Waals surface area contributed by atoms with Crippen LogP contribution < -0.4 is 10.6 Å². The molecule has 0 saturated carbocycles. The number of para-hydroxylation sites is 2. The summed E-state index contributed by atoms with van der Waals surface area (Å²) in [7, 11) is 0. The molecule has 188 valence electrons. The molecule has 1 unspecified atom stereocenters. The van der Waals surface area contributed by atoms with Gasteiger partial charge < -0.3 is 15.5 Å². The predicted octanol–water partition coefficient (Wildman–Crippen LogP) is 6.19. The number of rotatable bonds is 3. The first-order valence-corrected chi connectivity index (χ1v) is 11.4. The van der Waals surface area contributed by atoms with E-state index in [9.17, 15) is 17.6 Å². The summed E-state index contributed by atoms with van der Waals surface area (Å²) < 4.78 is 53.4. The van der Waals surface area contributed by atoms with Crippen LogP contribution in [0.5, 0.6) is 0 Å². The molecule has 2 aliphatic rings. The summed E-state index contributed by atoms with van der Waals surface area (Å²) in [4.78, 5) is 10.7. The van der Waals surface area contributed by atoms with E-state index in [0.717, 1.165) is 18.4 Å². The fourth-order valence-corrected chi connectivity index (χ4v) is 4.91. The van der Waals surface area contributed by atoms with Crippen LogP contribution in [0, 0.1) is 5.82 Å². The zero-order valence-corrected chi connectivity index (χ0v) is 20.8. The Labute approximate surface area is 216 Å². The third-order valence-corrected chi connectivity index (χ3v) is 6.73. The third kappa shape index (κ3) is 6.06. The molecule has 1 aromatic heterocycles. The summed E-state index contributed by atoms with van der Waals surface area (Å²) in [6.07, 6.45) is -2.95. The van der Waals surface area contributed by atoms with Gasteiger partial charge in [0.25, 0.3) is 0 Å². The van der Waals surface area contributed by atoms with Crippen molar-refractivity contribution >= 4 is 58.4 Å². The maximum atomic E-state index is 13.4. The van der Waals surface area contributed by atoms with E-state index in [0.29, 0.717) is 53.2 Å². The number of alkyl halides is 3. The predicted molar refractivity (Wildman–Crippen MR) is 136 cm³/mol. The lowest BCUT2D eigenvalue weighted by Gasteiger charge is -2.35. The van der Waals surface area contributed by atoms with Crippen molar-refractivity contribution in [3.63, 3.8) is 0 Å². The fourth-order valence-electron chi connectivity index (χ4n) is 4.07. The largest absolute Gasteiger partial charge is 0.443 e. The van der Waals surface area contributed by atoms with Crippen molar-refractivity contribution < 1.29 is 17.6 Å². The second kappa shape index (κ2) is 11.1. The van der Waals surface area contributed by atoms with Crippen LogP contribution in [0.25, 0.3) is 0 Å². The minimum Gasteiger partial charge on any atom is -0.352 e.